The van der Waals surface area contributed by atoms with Gasteiger partial charge in [0.15, 0.2) is 0 Å². The molecule has 6 heteroatoms. The predicted octanol–water partition coefficient (Wildman–Crippen LogP) is 3.26. The number of benzene rings is 1. The summed E-state index contributed by atoms with van der Waals surface area (Å²) in [5.74, 6) is -1.07. The Kier molecular flexibility index (Phi) is 4.11. The molecule has 0 saturated heterocycles. The molecule has 0 unspecified atom stereocenters. The molecule has 0 aliphatic heterocycles. The van der Waals surface area contributed by atoms with Gasteiger partial charge in [0, 0.05) is 16.7 Å². The molecule has 0 saturated carbocycles. The fourth-order valence-electron chi connectivity index (χ4n) is 1.41. The van der Waals surface area contributed by atoms with Gasteiger partial charge in [0.1, 0.15) is 18.2 Å². The van der Waals surface area contributed by atoms with Crippen molar-refractivity contribution in [3.8, 4) is 5.75 Å². The van der Waals surface area contributed by atoms with Gasteiger partial charge < -0.3 is 9.84 Å². The number of rotatable bonds is 4. The van der Waals surface area contributed by atoms with Gasteiger partial charge in [0.05, 0.1) is 11.3 Å². The molecule has 19 heavy (non-hydrogen) atoms. The van der Waals surface area contributed by atoms with Gasteiger partial charge in [-0.05, 0) is 24.3 Å². The molecule has 98 valence electrons. The van der Waals surface area contributed by atoms with Crippen molar-refractivity contribution in [2.75, 3.05) is 0 Å². The standard InChI is InChI=1S/C13H9BrFNO3/c14-9-3-10(15)5-12(4-9)19-7-11-2-1-8(6-16-11)13(17)18/h1-6H,7H2,(H,17,18). The van der Waals surface area contributed by atoms with Gasteiger partial charge in [-0.3, -0.25) is 4.98 Å². The van der Waals surface area contributed by atoms with Crippen molar-refractivity contribution in [2.24, 2.45) is 0 Å². The van der Waals surface area contributed by atoms with Crippen molar-refractivity contribution in [3.05, 3.63) is 58.1 Å². The van der Waals surface area contributed by atoms with Crippen LogP contribution in [0.1, 0.15) is 16.1 Å². The van der Waals surface area contributed by atoms with Crippen molar-refractivity contribution in [1.82, 2.24) is 4.98 Å². The quantitative estimate of drug-likeness (QED) is 0.937. The monoisotopic (exact) mass is 325 g/mol. The highest BCUT2D eigenvalue weighted by molar-refractivity contribution is 9.10. The van der Waals surface area contributed by atoms with E-state index in [9.17, 15) is 9.18 Å². The molecule has 1 heterocycles. The molecule has 0 spiro atoms. The molecular formula is C13H9BrFNO3. The van der Waals surface area contributed by atoms with Crippen LogP contribution >= 0.6 is 15.9 Å². The van der Waals surface area contributed by atoms with E-state index in [0.717, 1.165) is 0 Å². The van der Waals surface area contributed by atoms with E-state index in [0.29, 0.717) is 15.9 Å². The van der Waals surface area contributed by atoms with Gasteiger partial charge >= 0.3 is 5.97 Å². The molecular weight excluding hydrogens is 317 g/mol. The van der Waals surface area contributed by atoms with Crippen molar-refractivity contribution in [2.45, 2.75) is 6.61 Å². The Hall–Kier alpha value is -1.95. The summed E-state index contributed by atoms with van der Waals surface area (Å²) in [4.78, 5) is 14.6. The van der Waals surface area contributed by atoms with E-state index in [2.05, 4.69) is 20.9 Å². The minimum absolute atomic E-state index is 0.109. The van der Waals surface area contributed by atoms with Gasteiger partial charge in [0.2, 0.25) is 0 Å². The van der Waals surface area contributed by atoms with Gasteiger partial charge in [-0.1, -0.05) is 15.9 Å². The van der Waals surface area contributed by atoms with Crippen LogP contribution in [0.3, 0.4) is 0 Å². The molecule has 1 aromatic carbocycles. The first-order valence-electron chi connectivity index (χ1n) is 5.32. The van der Waals surface area contributed by atoms with Gasteiger partial charge in [0.25, 0.3) is 0 Å². The largest absolute Gasteiger partial charge is 0.487 e. The third-order valence-corrected chi connectivity index (χ3v) is 2.75. The summed E-state index contributed by atoms with van der Waals surface area (Å²) < 4.78 is 19.1. The third-order valence-electron chi connectivity index (χ3n) is 2.29. The molecule has 1 aromatic heterocycles. The highest BCUT2D eigenvalue weighted by Gasteiger charge is 2.04. The number of nitrogens with zero attached hydrogens (tertiary/aromatic N) is 1. The second-order valence-corrected chi connectivity index (χ2v) is 4.65. The van der Waals surface area contributed by atoms with Crippen LogP contribution in [0.5, 0.6) is 5.75 Å². The molecule has 0 aliphatic carbocycles. The van der Waals surface area contributed by atoms with E-state index in [1.807, 2.05) is 0 Å². The Balaban J connectivity index is 2.03. The Labute approximate surface area is 117 Å². The Morgan fingerprint density at radius 2 is 2.16 bits per heavy atom. The minimum atomic E-state index is -1.03. The van der Waals surface area contributed by atoms with Gasteiger partial charge in [-0.15, -0.1) is 0 Å². The Morgan fingerprint density at radius 3 is 2.74 bits per heavy atom. The maximum atomic E-state index is 13.1. The van der Waals surface area contributed by atoms with E-state index in [-0.39, 0.29) is 12.2 Å². The Morgan fingerprint density at radius 1 is 1.37 bits per heavy atom. The number of carbonyl (C=O) groups is 1. The number of hydrogen-bond acceptors (Lipinski definition) is 3. The summed E-state index contributed by atoms with van der Waals surface area (Å²) >= 11 is 3.16. The second kappa shape index (κ2) is 5.79. The van der Waals surface area contributed by atoms with Crippen LogP contribution in [0, 0.1) is 5.82 Å². The zero-order valence-electron chi connectivity index (χ0n) is 9.64. The summed E-state index contributed by atoms with van der Waals surface area (Å²) in [7, 11) is 0. The van der Waals surface area contributed by atoms with Crippen LogP contribution in [-0.2, 0) is 6.61 Å². The average molecular weight is 326 g/mol. The zero-order valence-corrected chi connectivity index (χ0v) is 11.2. The number of pyridine rings is 1. The number of hydrogen-bond donors (Lipinski definition) is 1. The number of halogens is 2. The molecule has 0 radical (unpaired) electrons. The molecule has 0 bridgehead atoms. The smallest absolute Gasteiger partial charge is 0.337 e. The average Bonchev–Trinajstić information content (AvgIpc) is 2.36. The lowest BCUT2D eigenvalue weighted by Crippen LogP contribution is -2.02. The summed E-state index contributed by atoms with van der Waals surface area (Å²) in [6.07, 6.45) is 1.25. The molecule has 2 rings (SSSR count). The van der Waals surface area contributed by atoms with E-state index >= 15 is 0 Å². The van der Waals surface area contributed by atoms with Crippen molar-refractivity contribution in [1.29, 1.82) is 0 Å². The lowest BCUT2D eigenvalue weighted by molar-refractivity contribution is 0.0696. The van der Waals surface area contributed by atoms with Crippen LogP contribution in [0.15, 0.2) is 41.0 Å². The number of carboxylic acid groups (broad SMARTS) is 1. The van der Waals surface area contributed by atoms with Gasteiger partial charge in [-0.2, -0.15) is 0 Å². The topological polar surface area (TPSA) is 59.4 Å². The third kappa shape index (κ3) is 3.75. The molecule has 0 aliphatic rings. The first kappa shape index (κ1) is 13.5. The Bertz CT molecular complexity index is 581. The maximum absolute atomic E-state index is 13.1. The lowest BCUT2D eigenvalue weighted by atomic mass is 10.2. The molecule has 4 nitrogen and oxygen atoms in total. The highest BCUT2D eigenvalue weighted by Crippen LogP contribution is 2.21. The number of aromatic nitrogens is 1. The fraction of sp³-hybridized carbons (Fsp3) is 0.0769. The van der Waals surface area contributed by atoms with E-state index < -0.39 is 11.8 Å². The summed E-state index contributed by atoms with van der Waals surface area (Å²) in [6, 6.07) is 7.21. The predicted molar refractivity (Wildman–Crippen MR) is 69.6 cm³/mol. The maximum Gasteiger partial charge on any atom is 0.337 e. The van der Waals surface area contributed by atoms with Crippen molar-refractivity contribution < 1.29 is 19.0 Å². The number of carboxylic acids is 1. The zero-order chi connectivity index (χ0) is 13.8. The first-order valence-corrected chi connectivity index (χ1v) is 6.11. The van der Waals surface area contributed by atoms with Crippen molar-refractivity contribution in [3.63, 3.8) is 0 Å². The van der Waals surface area contributed by atoms with Crippen LogP contribution in [0.4, 0.5) is 4.39 Å². The van der Waals surface area contributed by atoms with Crippen molar-refractivity contribution >= 4 is 21.9 Å². The number of aromatic carboxylic acids is 1. The van der Waals surface area contributed by atoms with E-state index in [4.69, 9.17) is 9.84 Å². The summed E-state index contributed by atoms with van der Waals surface area (Å²) in [5, 5.41) is 8.73. The van der Waals surface area contributed by atoms with Crippen LogP contribution in [0.25, 0.3) is 0 Å². The molecule has 1 N–H and O–H groups in total. The van der Waals surface area contributed by atoms with Crippen LogP contribution < -0.4 is 4.74 Å². The molecule has 0 atom stereocenters. The normalized spacial score (nSPS) is 10.2. The summed E-state index contributed by atoms with van der Waals surface area (Å²) in [6.45, 7) is 0.135. The van der Waals surface area contributed by atoms with E-state index in [1.54, 1.807) is 12.1 Å². The summed E-state index contributed by atoms with van der Waals surface area (Å²) in [5.41, 5.74) is 0.669. The van der Waals surface area contributed by atoms with Gasteiger partial charge in [-0.25, -0.2) is 9.18 Å². The molecule has 0 fully saturated rings. The molecule has 2 aromatic rings. The number of ether oxygens (including phenoxy) is 1. The second-order valence-electron chi connectivity index (χ2n) is 3.74. The van der Waals surface area contributed by atoms with Crippen LogP contribution in [-0.4, -0.2) is 16.1 Å². The molecule has 0 amide bonds. The first-order chi connectivity index (χ1) is 9.04. The fourth-order valence-corrected chi connectivity index (χ4v) is 1.85. The SMILES string of the molecule is O=C(O)c1ccc(COc2cc(F)cc(Br)c2)nc1. The highest BCUT2D eigenvalue weighted by atomic mass is 79.9. The minimum Gasteiger partial charge on any atom is -0.487 e. The van der Waals surface area contributed by atoms with E-state index in [1.165, 1.54) is 24.4 Å². The van der Waals surface area contributed by atoms with Crippen LogP contribution in [0.2, 0.25) is 0 Å². The lowest BCUT2D eigenvalue weighted by Gasteiger charge is -2.06.